The molecule has 0 aromatic heterocycles. The maximum absolute atomic E-state index is 12.9. The van der Waals surface area contributed by atoms with Gasteiger partial charge in [-0.25, -0.2) is 18.4 Å². The minimum atomic E-state index is -6.42. The van der Waals surface area contributed by atoms with Gasteiger partial charge >= 0.3 is 29.9 Å². The molecule has 146 valence electrons. The van der Waals surface area contributed by atoms with Gasteiger partial charge in [-0.05, 0) is 12.1 Å². The molecule has 0 aliphatic heterocycles. The standard InChI is InChI=1S/C13H8F8O5/c14-7-3-6(4-8(15)5-7)9(22)25-1-2-26-10(23)11(24,12(16,17)18)13(19,20)21/h3-5,24H,1-2H2. The summed E-state index contributed by atoms with van der Waals surface area (Å²) in [6.45, 7) is -2.34. The first kappa shape index (κ1) is 21.6. The van der Waals surface area contributed by atoms with E-state index in [4.69, 9.17) is 5.11 Å². The van der Waals surface area contributed by atoms with Crippen LogP contribution in [0.25, 0.3) is 0 Å². The molecule has 5 nitrogen and oxygen atoms in total. The highest BCUT2D eigenvalue weighted by Gasteiger charge is 2.76. The van der Waals surface area contributed by atoms with E-state index >= 15 is 0 Å². The van der Waals surface area contributed by atoms with Gasteiger partial charge in [0, 0.05) is 6.07 Å². The molecule has 0 bridgehead atoms. The Bertz CT molecular complexity index is 648. The van der Waals surface area contributed by atoms with Crippen LogP contribution in [0.1, 0.15) is 10.4 Å². The fourth-order valence-electron chi connectivity index (χ4n) is 1.52. The summed E-state index contributed by atoms with van der Waals surface area (Å²) in [4.78, 5) is 22.4. The zero-order valence-corrected chi connectivity index (χ0v) is 12.3. The van der Waals surface area contributed by atoms with E-state index in [1.54, 1.807) is 0 Å². The monoisotopic (exact) mass is 396 g/mol. The van der Waals surface area contributed by atoms with Crippen molar-refractivity contribution in [1.29, 1.82) is 0 Å². The van der Waals surface area contributed by atoms with E-state index in [0.29, 0.717) is 18.2 Å². The summed E-state index contributed by atoms with van der Waals surface area (Å²) in [5, 5.41) is 8.68. The molecular formula is C13H8F8O5. The van der Waals surface area contributed by atoms with Gasteiger partial charge in [-0.15, -0.1) is 0 Å². The minimum Gasteiger partial charge on any atom is -0.459 e. The topological polar surface area (TPSA) is 72.8 Å². The van der Waals surface area contributed by atoms with E-state index in [1.165, 1.54) is 0 Å². The Hall–Kier alpha value is -2.44. The zero-order chi connectivity index (χ0) is 20.3. The first-order valence-corrected chi connectivity index (χ1v) is 6.36. The number of halogens is 8. The number of ether oxygens (including phenoxy) is 2. The molecule has 0 aliphatic rings. The Kier molecular flexibility index (Phi) is 6.18. The number of alkyl halides is 6. The molecule has 0 heterocycles. The first-order chi connectivity index (χ1) is 11.7. The van der Waals surface area contributed by atoms with Crippen molar-refractivity contribution in [1.82, 2.24) is 0 Å². The molecule has 0 saturated carbocycles. The highest BCUT2D eigenvalue weighted by Crippen LogP contribution is 2.43. The van der Waals surface area contributed by atoms with Crippen LogP contribution in [0.3, 0.4) is 0 Å². The quantitative estimate of drug-likeness (QED) is 0.471. The summed E-state index contributed by atoms with van der Waals surface area (Å²) in [7, 11) is 0. The molecule has 0 saturated heterocycles. The van der Waals surface area contributed by atoms with Crippen LogP contribution >= 0.6 is 0 Å². The number of aliphatic hydroxyl groups is 1. The smallest absolute Gasteiger partial charge is 0.437 e. The fraction of sp³-hybridized carbons (Fsp3) is 0.385. The predicted octanol–water partition coefficient (Wildman–Crippen LogP) is 2.52. The predicted molar refractivity (Wildman–Crippen MR) is 64.7 cm³/mol. The molecule has 0 spiro atoms. The summed E-state index contributed by atoms with van der Waals surface area (Å²) >= 11 is 0. The Morgan fingerprint density at radius 1 is 0.846 bits per heavy atom. The van der Waals surface area contributed by atoms with Gasteiger partial charge < -0.3 is 14.6 Å². The van der Waals surface area contributed by atoms with E-state index in [9.17, 15) is 44.7 Å². The number of hydrogen-bond acceptors (Lipinski definition) is 5. The Balaban J connectivity index is 2.67. The normalized spacial score (nSPS) is 12.7. The number of hydrogen-bond donors (Lipinski definition) is 1. The van der Waals surface area contributed by atoms with E-state index in [0.717, 1.165) is 0 Å². The summed E-state index contributed by atoms with van der Waals surface area (Å²) in [5.41, 5.74) is -6.41. The molecule has 1 N–H and O–H groups in total. The lowest BCUT2D eigenvalue weighted by molar-refractivity contribution is -0.357. The van der Waals surface area contributed by atoms with Crippen molar-refractivity contribution >= 4 is 11.9 Å². The number of benzene rings is 1. The molecule has 0 fully saturated rings. The zero-order valence-electron chi connectivity index (χ0n) is 12.3. The second kappa shape index (κ2) is 7.43. The van der Waals surface area contributed by atoms with Crippen molar-refractivity contribution < 1.29 is 59.3 Å². The Labute approximate surface area is 139 Å². The maximum atomic E-state index is 12.9. The van der Waals surface area contributed by atoms with Crippen LogP contribution in [-0.2, 0) is 14.3 Å². The third-order valence-electron chi connectivity index (χ3n) is 2.76. The van der Waals surface area contributed by atoms with E-state index in [1.807, 2.05) is 0 Å². The van der Waals surface area contributed by atoms with Gasteiger partial charge in [0.2, 0.25) is 0 Å². The largest absolute Gasteiger partial charge is 0.459 e. The molecule has 0 radical (unpaired) electrons. The summed E-state index contributed by atoms with van der Waals surface area (Å²) in [6.07, 6.45) is -12.8. The highest BCUT2D eigenvalue weighted by molar-refractivity contribution is 5.89. The van der Waals surface area contributed by atoms with E-state index in [-0.39, 0.29) is 0 Å². The average Bonchev–Trinajstić information content (AvgIpc) is 2.46. The van der Waals surface area contributed by atoms with Gasteiger partial charge in [0.1, 0.15) is 24.8 Å². The molecule has 1 aromatic rings. The van der Waals surface area contributed by atoms with E-state index < -0.39 is 60.3 Å². The highest BCUT2D eigenvalue weighted by atomic mass is 19.4. The van der Waals surface area contributed by atoms with Crippen molar-refractivity contribution in [3.8, 4) is 0 Å². The van der Waals surface area contributed by atoms with Gasteiger partial charge in [0.25, 0.3) is 0 Å². The lowest BCUT2D eigenvalue weighted by Gasteiger charge is -2.29. The van der Waals surface area contributed by atoms with Crippen molar-refractivity contribution in [3.05, 3.63) is 35.4 Å². The van der Waals surface area contributed by atoms with Gasteiger partial charge in [0.05, 0.1) is 5.56 Å². The Morgan fingerprint density at radius 2 is 1.27 bits per heavy atom. The molecular weight excluding hydrogens is 388 g/mol. The van der Waals surface area contributed by atoms with Crippen LogP contribution in [0.4, 0.5) is 35.1 Å². The maximum Gasteiger partial charge on any atom is 0.437 e. The second-order valence-electron chi connectivity index (χ2n) is 4.64. The fourth-order valence-corrected chi connectivity index (χ4v) is 1.52. The SMILES string of the molecule is O=C(OCCOC(=O)C(O)(C(F)(F)F)C(F)(F)F)c1cc(F)cc(F)c1. The second-order valence-corrected chi connectivity index (χ2v) is 4.64. The van der Waals surface area contributed by atoms with Gasteiger partial charge in [-0.2, -0.15) is 26.3 Å². The summed E-state index contributed by atoms with van der Waals surface area (Å²) < 4.78 is 108. The lowest BCUT2D eigenvalue weighted by Crippen LogP contribution is -2.63. The molecule has 13 heteroatoms. The van der Waals surface area contributed by atoms with Crippen LogP contribution in [0.5, 0.6) is 0 Å². The van der Waals surface area contributed by atoms with Crippen LogP contribution < -0.4 is 0 Å². The number of rotatable bonds is 5. The van der Waals surface area contributed by atoms with Gasteiger partial charge in [0.15, 0.2) is 0 Å². The van der Waals surface area contributed by atoms with Crippen LogP contribution in [0, 0.1) is 11.6 Å². The van der Waals surface area contributed by atoms with Crippen LogP contribution in [0.15, 0.2) is 18.2 Å². The lowest BCUT2D eigenvalue weighted by atomic mass is 10.0. The first-order valence-electron chi connectivity index (χ1n) is 6.36. The van der Waals surface area contributed by atoms with Gasteiger partial charge in [-0.1, -0.05) is 0 Å². The van der Waals surface area contributed by atoms with Crippen LogP contribution in [-0.4, -0.2) is 48.2 Å². The molecule has 1 aromatic carbocycles. The van der Waals surface area contributed by atoms with Gasteiger partial charge in [-0.3, -0.25) is 0 Å². The third kappa shape index (κ3) is 4.59. The molecule has 0 atom stereocenters. The number of esters is 2. The third-order valence-corrected chi connectivity index (χ3v) is 2.76. The van der Waals surface area contributed by atoms with Crippen LogP contribution in [0.2, 0.25) is 0 Å². The summed E-state index contributed by atoms with van der Waals surface area (Å²) in [5.74, 6) is -6.76. The van der Waals surface area contributed by atoms with Crippen molar-refractivity contribution in [2.45, 2.75) is 18.0 Å². The number of carbonyl (C=O) groups is 2. The van der Waals surface area contributed by atoms with Crippen molar-refractivity contribution in [2.75, 3.05) is 13.2 Å². The number of carbonyl (C=O) groups excluding carboxylic acids is 2. The average molecular weight is 396 g/mol. The molecule has 0 unspecified atom stereocenters. The molecule has 26 heavy (non-hydrogen) atoms. The van der Waals surface area contributed by atoms with Crippen molar-refractivity contribution in [2.24, 2.45) is 0 Å². The molecule has 0 amide bonds. The Morgan fingerprint density at radius 3 is 1.69 bits per heavy atom. The minimum absolute atomic E-state index is 0.424. The molecule has 1 rings (SSSR count). The van der Waals surface area contributed by atoms with E-state index in [2.05, 4.69) is 9.47 Å². The molecule has 0 aliphatic carbocycles. The van der Waals surface area contributed by atoms with Crippen molar-refractivity contribution in [3.63, 3.8) is 0 Å². The summed E-state index contributed by atoms with van der Waals surface area (Å²) in [6, 6.07) is 1.51.